The van der Waals surface area contributed by atoms with Gasteiger partial charge in [0.2, 0.25) is 5.91 Å². The van der Waals surface area contributed by atoms with E-state index >= 15 is 0 Å². The average Bonchev–Trinajstić information content (AvgIpc) is 2.39. The van der Waals surface area contributed by atoms with Crippen molar-refractivity contribution in [3.05, 3.63) is 34.3 Å². The van der Waals surface area contributed by atoms with E-state index in [4.69, 9.17) is 10.5 Å². The van der Waals surface area contributed by atoms with E-state index in [1.165, 1.54) is 12.0 Å². The standard InChI is InChI=1S/C15H21BrN2O2/c1-20-9-13(17)14(19)18-10-15(7-2-8-15)11-3-5-12(16)6-4-11/h3-6,13H,2,7-10,17H2,1H3,(H,18,19). The third-order valence-corrected chi connectivity index (χ3v) is 4.58. The molecule has 4 nitrogen and oxygen atoms in total. The van der Waals surface area contributed by atoms with Crippen LogP contribution in [0.3, 0.4) is 0 Å². The van der Waals surface area contributed by atoms with Crippen molar-refractivity contribution in [1.29, 1.82) is 0 Å². The first kappa shape index (κ1) is 15.5. The van der Waals surface area contributed by atoms with Crippen LogP contribution in [0.2, 0.25) is 0 Å². The maximum atomic E-state index is 11.9. The number of hydrogen-bond acceptors (Lipinski definition) is 3. The Balaban J connectivity index is 1.98. The number of halogens is 1. The predicted octanol–water partition coefficient (Wildman–Crippen LogP) is 1.96. The lowest BCUT2D eigenvalue weighted by atomic mass is 9.64. The molecule has 0 heterocycles. The number of nitrogens with one attached hydrogen (secondary N) is 1. The Bertz CT molecular complexity index is 457. The Morgan fingerprint density at radius 1 is 1.45 bits per heavy atom. The second-order valence-corrected chi connectivity index (χ2v) is 6.34. The molecule has 1 fully saturated rings. The fraction of sp³-hybridized carbons (Fsp3) is 0.533. The number of carbonyl (C=O) groups excluding carboxylic acids is 1. The molecule has 1 unspecified atom stereocenters. The summed E-state index contributed by atoms with van der Waals surface area (Å²) < 4.78 is 5.97. The summed E-state index contributed by atoms with van der Waals surface area (Å²) in [4.78, 5) is 11.9. The van der Waals surface area contributed by atoms with E-state index in [2.05, 4.69) is 33.4 Å². The Kier molecular flexibility index (Phi) is 5.18. The van der Waals surface area contributed by atoms with Crippen molar-refractivity contribution in [1.82, 2.24) is 5.32 Å². The number of hydrogen-bond donors (Lipinski definition) is 2. The highest BCUT2D eigenvalue weighted by Crippen LogP contribution is 2.43. The first-order valence-corrected chi connectivity index (χ1v) is 7.65. The van der Waals surface area contributed by atoms with Crippen LogP contribution in [0.4, 0.5) is 0 Å². The van der Waals surface area contributed by atoms with Crippen LogP contribution in [0.15, 0.2) is 28.7 Å². The minimum atomic E-state index is -0.595. The van der Waals surface area contributed by atoms with Gasteiger partial charge in [-0.1, -0.05) is 34.5 Å². The zero-order chi connectivity index (χ0) is 14.6. The molecule has 1 aromatic rings. The topological polar surface area (TPSA) is 64.3 Å². The number of amides is 1. The normalized spacial score (nSPS) is 18.1. The Labute approximate surface area is 128 Å². The minimum Gasteiger partial charge on any atom is -0.383 e. The summed E-state index contributed by atoms with van der Waals surface area (Å²) in [7, 11) is 1.54. The smallest absolute Gasteiger partial charge is 0.239 e. The van der Waals surface area contributed by atoms with Gasteiger partial charge in [-0.15, -0.1) is 0 Å². The second kappa shape index (κ2) is 6.70. The van der Waals surface area contributed by atoms with Gasteiger partial charge in [-0.2, -0.15) is 0 Å². The molecule has 1 aromatic carbocycles. The third-order valence-electron chi connectivity index (χ3n) is 4.05. The molecule has 0 saturated heterocycles. The van der Waals surface area contributed by atoms with E-state index in [1.54, 1.807) is 7.11 Å². The molecule has 5 heteroatoms. The highest BCUT2D eigenvalue weighted by atomic mass is 79.9. The second-order valence-electron chi connectivity index (χ2n) is 5.42. The molecule has 0 bridgehead atoms. The number of carbonyl (C=O) groups is 1. The largest absolute Gasteiger partial charge is 0.383 e. The van der Waals surface area contributed by atoms with Crippen LogP contribution in [0.25, 0.3) is 0 Å². The fourth-order valence-electron chi connectivity index (χ4n) is 2.62. The van der Waals surface area contributed by atoms with E-state index in [-0.39, 0.29) is 17.9 Å². The molecule has 0 aromatic heterocycles. The van der Waals surface area contributed by atoms with E-state index in [0.717, 1.165) is 17.3 Å². The van der Waals surface area contributed by atoms with Gasteiger partial charge in [-0.05, 0) is 30.5 Å². The van der Waals surface area contributed by atoms with Crippen molar-refractivity contribution in [3.8, 4) is 0 Å². The molecule has 0 spiro atoms. The summed E-state index contributed by atoms with van der Waals surface area (Å²) in [6, 6.07) is 7.76. The Hall–Kier alpha value is -0.910. The van der Waals surface area contributed by atoms with Crippen LogP contribution in [-0.4, -0.2) is 32.2 Å². The maximum Gasteiger partial charge on any atom is 0.239 e. The number of rotatable bonds is 6. The predicted molar refractivity (Wildman–Crippen MR) is 82.5 cm³/mol. The summed E-state index contributed by atoms with van der Waals surface area (Å²) in [5, 5.41) is 2.97. The van der Waals surface area contributed by atoms with Crippen LogP contribution < -0.4 is 11.1 Å². The number of nitrogens with two attached hydrogens (primary N) is 1. The molecule has 0 aliphatic heterocycles. The van der Waals surface area contributed by atoms with Gasteiger partial charge in [0, 0.05) is 23.5 Å². The van der Waals surface area contributed by atoms with Crippen molar-refractivity contribution >= 4 is 21.8 Å². The lowest BCUT2D eigenvalue weighted by Gasteiger charge is -2.42. The number of methoxy groups -OCH3 is 1. The zero-order valence-electron chi connectivity index (χ0n) is 11.7. The van der Waals surface area contributed by atoms with Crippen molar-refractivity contribution in [2.45, 2.75) is 30.7 Å². The first-order chi connectivity index (χ1) is 9.57. The molecule has 110 valence electrons. The molecule has 1 saturated carbocycles. The highest BCUT2D eigenvalue weighted by molar-refractivity contribution is 9.10. The van der Waals surface area contributed by atoms with Crippen LogP contribution >= 0.6 is 15.9 Å². The summed E-state index contributed by atoms with van der Waals surface area (Å²) in [5.74, 6) is -0.143. The molecule has 20 heavy (non-hydrogen) atoms. The van der Waals surface area contributed by atoms with Crippen molar-refractivity contribution in [2.24, 2.45) is 5.73 Å². The molecule has 2 rings (SSSR count). The van der Waals surface area contributed by atoms with Gasteiger partial charge >= 0.3 is 0 Å². The molecule has 1 aliphatic carbocycles. The summed E-state index contributed by atoms with van der Waals surface area (Å²) >= 11 is 3.45. The average molecular weight is 341 g/mol. The van der Waals surface area contributed by atoms with Crippen molar-refractivity contribution < 1.29 is 9.53 Å². The lowest BCUT2D eigenvalue weighted by molar-refractivity contribution is -0.123. The van der Waals surface area contributed by atoms with Gasteiger partial charge in [0.05, 0.1) is 6.61 Å². The van der Waals surface area contributed by atoms with Crippen molar-refractivity contribution in [2.75, 3.05) is 20.3 Å². The number of benzene rings is 1. The van der Waals surface area contributed by atoms with Gasteiger partial charge in [-0.25, -0.2) is 0 Å². The molecular formula is C15H21BrN2O2. The number of ether oxygens (including phenoxy) is 1. The fourth-order valence-corrected chi connectivity index (χ4v) is 2.88. The minimum absolute atomic E-state index is 0.0726. The van der Waals surface area contributed by atoms with Gasteiger partial charge in [0.1, 0.15) is 6.04 Å². The van der Waals surface area contributed by atoms with Crippen molar-refractivity contribution in [3.63, 3.8) is 0 Å². The molecule has 1 amide bonds. The van der Waals surface area contributed by atoms with Gasteiger partial charge < -0.3 is 15.8 Å². The maximum absolute atomic E-state index is 11.9. The Morgan fingerprint density at radius 2 is 2.10 bits per heavy atom. The van der Waals surface area contributed by atoms with E-state index in [0.29, 0.717) is 6.54 Å². The van der Waals surface area contributed by atoms with Crippen LogP contribution in [-0.2, 0) is 14.9 Å². The van der Waals surface area contributed by atoms with Crippen LogP contribution in [0.5, 0.6) is 0 Å². The van der Waals surface area contributed by atoms with Gasteiger partial charge in [0.25, 0.3) is 0 Å². The summed E-state index contributed by atoms with van der Waals surface area (Å²) in [5.41, 5.74) is 7.09. The van der Waals surface area contributed by atoms with E-state index < -0.39 is 6.04 Å². The monoisotopic (exact) mass is 340 g/mol. The van der Waals surface area contributed by atoms with E-state index in [9.17, 15) is 4.79 Å². The van der Waals surface area contributed by atoms with Gasteiger partial charge in [0.15, 0.2) is 0 Å². The SMILES string of the molecule is COCC(N)C(=O)NCC1(c2ccc(Br)cc2)CCC1. The van der Waals surface area contributed by atoms with E-state index in [1.807, 2.05) is 12.1 Å². The molecular weight excluding hydrogens is 320 g/mol. The summed E-state index contributed by atoms with van der Waals surface area (Å²) in [6.07, 6.45) is 3.42. The molecule has 1 atom stereocenters. The molecule has 0 radical (unpaired) electrons. The lowest BCUT2D eigenvalue weighted by Crippen LogP contribution is -2.50. The van der Waals surface area contributed by atoms with Gasteiger partial charge in [-0.3, -0.25) is 4.79 Å². The Morgan fingerprint density at radius 3 is 2.60 bits per heavy atom. The quantitative estimate of drug-likeness (QED) is 0.831. The van der Waals surface area contributed by atoms with Crippen LogP contribution in [0, 0.1) is 0 Å². The van der Waals surface area contributed by atoms with Crippen LogP contribution in [0.1, 0.15) is 24.8 Å². The summed E-state index contributed by atoms with van der Waals surface area (Å²) in [6.45, 7) is 0.891. The molecule has 1 aliphatic rings. The molecule has 3 N–H and O–H groups in total. The highest BCUT2D eigenvalue weighted by Gasteiger charge is 2.39. The zero-order valence-corrected chi connectivity index (χ0v) is 13.3. The first-order valence-electron chi connectivity index (χ1n) is 6.86. The third kappa shape index (κ3) is 3.40.